The molecule has 1 unspecified atom stereocenters. The number of hydrogen-bond donors (Lipinski definition) is 1. The summed E-state index contributed by atoms with van der Waals surface area (Å²) in [6.45, 7) is 2.12. The van der Waals surface area contributed by atoms with Crippen LogP contribution in [0.4, 0.5) is 4.39 Å². The molecule has 0 radical (unpaired) electrons. The minimum Gasteiger partial charge on any atom is -0.486 e. The summed E-state index contributed by atoms with van der Waals surface area (Å²) in [6.07, 6.45) is 3.34. The lowest BCUT2D eigenvalue weighted by atomic mass is 9.90. The fraction of sp³-hybridized carbons (Fsp3) is 0.538. The summed E-state index contributed by atoms with van der Waals surface area (Å²) in [5.41, 5.74) is 1.03. The molecule has 0 aliphatic carbocycles. The molecule has 1 N–H and O–H groups in total. The molecular formula is C13H16FNO. The van der Waals surface area contributed by atoms with Crippen LogP contribution in [0.5, 0.6) is 5.75 Å². The predicted molar refractivity (Wildman–Crippen MR) is 60.1 cm³/mol. The van der Waals surface area contributed by atoms with Crippen LogP contribution in [0.1, 0.15) is 18.4 Å². The summed E-state index contributed by atoms with van der Waals surface area (Å²) in [4.78, 5) is 0. The summed E-state index contributed by atoms with van der Waals surface area (Å²) in [5.74, 6) is 0.855. The first-order valence-electron chi connectivity index (χ1n) is 5.99. The van der Waals surface area contributed by atoms with Crippen molar-refractivity contribution in [2.75, 3.05) is 13.1 Å². The van der Waals surface area contributed by atoms with Crippen molar-refractivity contribution in [2.45, 2.75) is 25.4 Å². The Kier molecular flexibility index (Phi) is 2.56. The summed E-state index contributed by atoms with van der Waals surface area (Å²) in [7, 11) is 0. The molecule has 2 nitrogen and oxygen atoms in total. The van der Waals surface area contributed by atoms with Crippen LogP contribution in [0.3, 0.4) is 0 Å². The zero-order valence-corrected chi connectivity index (χ0v) is 9.21. The minimum absolute atomic E-state index is 0.189. The van der Waals surface area contributed by atoms with Crippen molar-refractivity contribution in [3.63, 3.8) is 0 Å². The van der Waals surface area contributed by atoms with E-state index >= 15 is 0 Å². The minimum atomic E-state index is -0.214. The van der Waals surface area contributed by atoms with E-state index in [0.29, 0.717) is 11.7 Å². The fourth-order valence-electron chi connectivity index (χ4n) is 2.73. The van der Waals surface area contributed by atoms with E-state index in [4.69, 9.17) is 4.74 Å². The van der Waals surface area contributed by atoms with Gasteiger partial charge in [0.1, 0.15) is 6.10 Å². The highest BCUT2D eigenvalue weighted by Crippen LogP contribution is 2.35. The van der Waals surface area contributed by atoms with E-state index in [9.17, 15) is 4.39 Å². The van der Waals surface area contributed by atoms with Gasteiger partial charge in [-0.05, 0) is 37.9 Å². The van der Waals surface area contributed by atoms with Crippen molar-refractivity contribution < 1.29 is 9.13 Å². The van der Waals surface area contributed by atoms with E-state index in [2.05, 4.69) is 5.32 Å². The molecule has 16 heavy (non-hydrogen) atoms. The molecule has 2 aliphatic heterocycles. The molecule has 1 saturated heterocycles. The van der Waals surface area contributed by atoms with Crippen molar-refractivity contribution in [3.05, 3.63) is 29.6 Å². The van der Waals surface area contributed by atoms with Gasteiger partial charge in [0.2, 0.25) is 0 Å². The van der Waals surface area contributed by atoms with Gasteiger partial charge in [-0.1, -0.05) is 12.1 Å². The van der Waals surface area contributed by atoms with Crippen LogP contribution in [0, 0.1) is 11.7 Å². The van der Waals surface area contributed by atoms with E-state index in [1.54, 1.807) is 6.07 Å². The van der Waals surface area contributed by atoms with Crippen LogP contribution in [0.15, 0.2) is 18.2 Å². The van der Waals surface area contributed by atoms with Gasteiger partial charge in [-0.2, -0.15) is 0 Å². The highest BCUT2D eigenvalue weighted by molar-refractivity contribution is 5.38. The van der Waals surface area contributed by atoms with Crippen LogP contribution in [-0.4, -0.2) is 19.2 Å². The van der Waals surface area contributed by atoms with Gasteiger partial charge >= 0.3 is 0 Å². The molecule has 1 aromatic carbocycles. The van der Waals surface area contributed by atoms with E-state index in [1.165, 1.54) is 6.07 Å². The standard InChI is InChI=1S/C13H16FNO/c14-11-3-1-2-10-8-12(16-13(10)11)9-4-6-15-7-5-9/h1-3,9,12,15H,4-8H2. The van der Waals surface area contributed by atoms with Gasteiger partial charge in [-0.15, -0.1) is 0 Å². The maximum Gasteiger partial charge on any atom is 0.165 e. The number of benzene rings is 1. The summed E-state index contributed by atoms with van der Waals surface area (Å²) in [5, 5.41) is 3.34. The van der Waals surface area contributed by atoms with E-state index in [1.807, 2.05) is 6.07 Å². The van der Waals surface area contributed by atoms with Gasteiger partial charge in [-0.3, -0.25) is 0 Å². The molecule has 0 bridgehead atoms. The Bertz CT molecular complexity index is 388. The first-order valence-corrected chi connectivity index (χ1v) is 5.99. The zero-order chi connectivity index (χ0) is 11.0. The van der Waals surface area contributed by atoms with E-state index < -0.39 is 0 Å². The molecule has 2 aliphatic rings. The van der Waals surface area contributed by atoms with Crippen molar-refractivity contribution >= 4 is 0 Å². The smallest absolute Gasteiger partial charge is 0.165 e. The number of ether oxygens (including phenoxy) is 1. The largest absolute Gasteiger partial charge is 0.486 e. The summed E-state index contributed by atoms with van der Waals surface area (Å²) >= 11 is 0. The normalized spacial score (nSPS) is 25.2. The molecule has 0 spiro atoms. The SMILES string of the molecule is Fc1cccc2c1OC(C1CCNCC1)C2. The second-order valence-corrected chi connectivity index (χ2v) is 4.68. The van der Waals surface area contributed by atoms with Crippen LogP contribution < -0.4 is 10.1 Å². The Labute approximate surface area is 94.8 Å². The van der Waals surface area contributed by atoms with Gasteiger partial charge in [0, 0.05) is 12.0 Å². The number of halogens is 1. The number of piperidine rings is 1. The molecule has 0 saturated carbocycles. The number of para-hydroxylation sites is 1. The molecular weight excluding hydrogens is 205 g/mol. The lowest BCUT2D eigenvalue weighted by molar-refractivity contribution is 0.130. The monoisotopic (exact) mass is 221 g/mol. The molecule has 0 amide bonds. The van der Waals surface area contributed by atoms with Crippen LogP contribution >= 0.6 is 0 Å². The number of fused-ring (bicyclic) bond motifs is 1. The van der Waals surface area contributed by atoms with Gasteiger partial charge in [0.15, 0.2) is 11.6 Å². The summed E-state index contributed by atoms with van der Waals surface area (Å²) < 4.78 is 19.3. The Hall–Kier alpha value is -1.09. The highest BCUT2D eigenvalue weighted by atomic mass is 19.1. The lowest BCUT2D eigenvalue weighted by Gasteiger charge is -2.27. The predicted octanol–water partition coefficient (Wildman–Crippen LogP) is 2.13. The average Bonchev–Trinajstić information content (AvgIpc) is 2.76. The maximum atomic E-state index is 13.5. The molecule has 1 aromatic rings. The number of rotatable bonds is 1. The Morgan fingerprint density at radius 2 is 2.06 bits per heavy atom. The third-order valence-electron chi connectivity index (χ3n) is 3.65. The zero-order valence-electron chi connectivity index (χ0n) is 9.21. The first-order chi connectivity index (χ1) is 7.84. The van der Waals surface area contributed by atoms with Crippen molar-refractivity contribution in [1.29, 1.82) is 0 Å². The Morgan fingerprint density at radius 1 is 1.25 bits per heavy atom. The van der Waals surface area contributed by atoms with E-state index in [-0.39, 0.29) is 11.9 Å². The van der Waals surface area contributed by atoms with Gasteiger partial charge in [-0.25, -0.2) is 4.39 Å². The second kappa shape index (κ2) is 4.06. The van der Waals surface area contributed by atoms with Gasteiger partial charge in [0.05, 0.1) is 0 Å². The van der Waals surface area contributed by atoms with E-state index in [0.717, 1.165) is 37.9 Å². The Balaban J connectivity index is 1.77. The van der Waals surface area contributed by atoms with Crippen LogP contribution in [0.2, 0.25) is 0 Å². The quantitative estimate of drug-likeness (QED) is 0.784. The van der Waals surface area contributed by atoms with Crippen molar-refractivity contribution in [2.24, 2.45) is 5.92 Å². The van der Waals surface area contributed by atoms with Crippen LogP contribution in [0.25, 0.3) is 0 Å². The first kappa shape index (κ1) is 10.1. The average molecular weight is 221 g/mol. The molecule has 1 atom stereocenters. The molecule has 86 valence electrons. The van der Waals surface area contributed by atoms with Gasteiger partial charge in [0.25, 0.3) is 0 Å². The third-order valence-corrected chi connectivity index (χ3v) is 3.65. The number of hydrogen-bond acceptors (Lipinski definition) is 2. The molecule has 2 heterocycles. The van der Waals surface area contributed by atoms with Crippen molar-refractivity contribution in [1.82, 2.24) is 5.32 Å². The molecule has 0 aromatic heterocycles. The number of nitrogens with one attached hydrogen (secondary N) is 1. The molecule has 3 heteroatoms. The molecule has 1 fully saturated rings. The highest BCUT2D eigenvalue weighted by Gasteiger charge is 2.32. The summed E-state index contributed by atoms with van der Waals surface area (Å²) in [6, 6.07) is 5.21. The lowest BCUT2D eigenvalue weighted by Crippen LogP contribution is -2.36. The maximum absolute atomic E-state index is 13.5. The molecule has 3 rings (SSSR count). The second-order valence-electron chi connectivity index (χ2n) is 4.68. The van der Waals surface area contributed by atoms with Crippen molar-refractivity contribution in [3.8, 4) is 5.75 Å². The topological polar surface area (TPSA) is 21.3 Å². The Morgan fingerprint density at radius 3 is 2.81 bits per heavy atom. The van der Waals surface area contributed by atoms with Gasteiger partial charge < -0.3 is 10.1 Å². The fourth-order valence-corrected chi connectivity index (χ4v) is 2.73. The third kappa shape index (κ3) is 1.69. The van der Waals surface area contributed by atoms with Crippen LogP contribution in [-0.2, 0) is 6.42 Å².